The Balaban J connectivity index is 2.75. The van der Waals surface area contributed by atoms with Crippen molar-refractivity contribution in [2.24, 2.45) is 0 Å². The molecular weight excluding hydrogens is 218 g/mol. The van der Waals surface area contributed by atoms with Crippen LogP contribution in [0.2, 0.25) is 0 Å². The summed E-state index contributed by atoms with van der Waals surface area (Å²) in [4.78, 5) is 14.8. The lowest BCUT2D eigenvalue weighted by atomic mass is 10.2. The molecule has 4 nitrogen and oxygen atoms in total. The lowest BCUT2D eigenvalue weighted by molar-refractivity contribution is -0.171. The fourth-order valence-electron chi connectivity index (χ4n) is 1.30. The fourth-order valence-corrected chi connectivity index (χ4v) is 1.30. The standard InChI is InChI=1S/C10H14F2N2O2/c1-3-14-6-5-13-8(14)7-10(11,12)9(15)16-4-2/h5-6H,3-4,7H2,1-2H3. The second-order valence-corrected chi connectivity index (χ2v) is 3.23. The Morgan fingerprint density at radius 1 is 1.56 bits per heavy atom. The van der Waals surface area contributed by atoms with E-state index < -0.39 is 18.3 Å². The molecule has 0 aliphatic heterocycles. The molecule has 0 fully saturated rings. The number of imidazole rings is 1. The van der Waals surface area contributed by atoms with E-state index in [0.717, 1.165) is 0 Å². The number of alkyl halides is 2. The van der Waals surface area contributed by atoms with E-state index in [1.165, 1.54) is 13.1 Å². The van der Waals surface area contributed by atoms with Gasteiger partial charge >= 0.3 is 11.9 Å². The lowest BCUT2D eigenvalue weighted by Crippen LogP contribution is -2.34. The van der Waals surface area contributed by atoms with Gasteiger partial charge in [-0.3, -0.25) is 0 Å². The monoisotopic (exact) mass is 232 g/mol. The van der Waals surface area contributed by atoms with Crippen molar-refractivity contribution in [1.82, 2.24) is 9.55 Å². The number of carbonyl (C=O) groups excluding carboxylic acids is 1. The molecule has 1 rings (SSSR count). The van der Waals surface area contributed by atoms with Gasteiger partial charge in [-0.05, 0) is 13.8 Å². The van der Waals surface area contributed by atoms with Crippen LogP contribution in [0.3, 0.4) is 0 Å². The normalized spacial score (nSPS) is 11.5. The van der Waals surface area contributed by atoms with Crippen LogP contribution >= 0.6 is 0 Å². The molecule has 90 valence electrons. The van der Waals surface area contributed by atoms with Gasteiger partial charge < -0.3 is 9.30 Å². The number of esters is 1. The summed E-state index contributed by atoms with van der Waals surface area (Å²) in [6.45, 7) is 3.78. The molecule has 1 aromatic rings. The van der Waals surface area contributed by atoms with E-state index in [4.69, 9.17) is 0 Å². The molecule has 0 N–H and O–H groups in total. The van der Waals surface area contributed by atoms with Crippen LogP contribution in [0, 0.1) is 0 Å². The van der Waals surface area contributed by atoms with E-state index in [9.17, 15) is 13.6 Å². The molecule has 1 heterocycles. The van der Waals surface area contributed by atoms with E-state index in [1.54, 1.807) is 10.8 Å². The van der Waals surface area contributed by atoms with Crippen LogP contribution in [-0.2, 0) is 22.5 Å². The van der Waals surface area contributed by atoms with Crippen LogP contribution in [0.25, 0.3) is 0 Å². The summed E-state index contributed by atoms with van der Waals surface area (Å²) in [6, 6.07) is 0. The summed E-state index contributed by atoms with van der Waals surface area (Å²) < 4.78 is 32.6. The van der Waals surface area contributed by atoms with Gasteiger partial charge in [0.25, 0.3) is 0 Å². The molecule has 0 aliphatic carbocycles. The van der Waals surface area contributed by atoms with E-state index in [2.05, 4.69) is 9.72 Å². The number of carbonyl (C=O) groups is 1. The molecule has 0 atom stereocenters. The average molecular weight is 232 g/mol. The summed E-state index contributed by atoms with van der Waals surface area (Å²) in [5, 5.41) is 0. The number of aromatic nitrogens is 2. The minimum absolute atomic E-state index is 0.0589. The maximum absolute atomic E-state index is 13.4. The Bertz CT molecular complexity index is 363. The van der Waals surface area contributed by atoms with Gasteiger partial charge in [-0.2, -0.15) is 8.78 Å². The Morgan fingerprint density at radius 2 is 2.25 bits per heavy atom. The van der Waals surface area contributed by atoms with E-state index in [-0.39, 0.29) is 12.4 Å². The quantitative estimate of drug-likeness (QED) is 0.725. The Kier molecular flexibility index (Phi) is 3.98. The largest absolute Gasteiger partial charge is 0.462 e. The first-order valence-corrected chi connectivity index (χ1v) is 5.06. The maximum atomic E-state index is 13.4. The third kappa shape index (κ3) is 2.77. The molecule has 0 spiro atoms. The molecule has 1 aromatic heterocycles. The minimum Gasteiger partial charge on any atom is -0.462 e. The van der Waals surface area contributed by atoms with Crippen molar-refractivity contribution in [2.45, 2.75) is 32.7 Å². The van der Waals surface area contributed by atoms with Crippen LogP contribution in [-0.4, -0.2) is 28.0 Å². The van der Waals surface area contributed by atoms with Crippen molar-refractivity contribution in [1.29, 1.82) is 0 Å². The summed E-state index contributed by atoms with van der Waals surface area (Å²) in [7, 11) is 0. The molecule has 0 saturated carbocycles. The van der Waals surface area contributed by atoms with Crippen LogP contribution in [0.1, 0.15) is 19.7 Å². The summed E-state index contributed by atoms with van der Waals surface area (Å²) in [5.41, 5.74) is 0. The number of nitrogens with zero attached hydrogens (tertiary/aromatic N) is 2. The molecule has 0 amide bonds. The second-order valence-electron chi connectivity index (χ2n) is 3.23. The molecule has 16 heavy (non-hydrogen) atoms. The van der Waals surface area contributed by atoms with Crippen molar-refractivity contribution >= 4 is 5.97 Å². The lowest BCUT2D eigenvalue weighted by Gasteiger charge is -2.14. The molecule has 0 aromatic carbocycles. The van der Waals surface area contributed by atoms with E-state index >= 15 is 0 Å². The van der Waals surface area contributed by atoms with Crippen LogP contribution in [0.15, 0.2) is 12.4 Å². The Hall–Kier alpha value is -1.46. The van der Waals surface area contributed by atoms with Crippen molar-refractivity contribution in [3.05, 3.63) is 18.2 Å². The highest BCUT2D eigenvalue weighted by atomic mass is 19.3. The molecule has 0 aliphatic rings. The van der Waals surface area contributed by atoms with Crippen LogP contribution in [0.5, 0.6) is 0 Å². The zero-order valence-corrected chi connectivity index (χ0v) is 9.24. The van der Waals surface area contributed by atoms with Gasteiger partial charge in [0.15, 0.2) is 0 Å². The second kappa shape index (κ2) is 5.05. The highest BCUT2D eigenvalue weighted by Crippen LogP contribution is 2.21. The number of rotatable bonds is 5. The molecule has 0 radical (unpaired) electrons. The number of hydrogen-bond acceptors (Lipinski definition) is 3. The zero-order valence-electron chi connectivity index (χ0n) is 9.24. The van der Waals surface area contributed by atoms with E-state index in [1.807, 2.05) is 6.92 Å². The van der Waals surface area contributed by atoms with E-state index in [0.29, 0.717) is 6.54 Å². The molecule has 6 heteroatoms. The SMILES string of the molecule is CCOC(=O)C(F)(F)Cc1nccn1CC. The van der Waals surface area contributed by atoms with Crippen LogP contribution in [0.4, 0.5) is 8.78 Å². The number of hydrogen-bond donors (Lipinski definition) is 0. The smallest absolute Gasteiger partial charge is 0.377 e. The maximum Gasteiger partial charge on any atom is 0.377 e. The Labute approximate surface area is 92.2 Å². The van der Waals surface area contributed by atoms with Gasteiger partial charge in [-0.15, -0.1) is 0 Å². The summed E-state index contributed by atoms with van der Waals surface area (Å²) in [5.74, 6) is -4.84. The Morgan fingerprint density at radius 3 is 2.81 bits per heavy atom. The van der Waals surface area contributed by atoms with Crippen molar-refractivity contribution < 1.29 is 18.3 Å². The molecular formula is C10H14F2N2O2. The first kappa shape index (κ1) is 12.6. The van der Waals surface area contributed by atoms with Crippen molar-refractivity contribution in [3.63, 3.8) is 0 Å². The fraction of sp³-hybridized carbons (Fsp3) is 0.600. The van der Waals surface area contributed by atoms with Gasteiger partial charge in [-0.1, -0.05) is 0 Å². The number of halogens is 2. The average Bonchev–Trinajstić information content (AvgIpc) is 2.64. The van der Waals surface area contributed by atoms with Gasteiger partial charge in [0.05, 0.1) is 13.0 Å². The summed E-state index contributed by atoms with van der Waals surface area (Å²) in [6.07, 6.45) is 2.29. The third-order valence-corrected chi connectivity index (χ3v) is 2.10. The van der Waals surface area contributed by atoms with Crippen molar-refractivity contribution in [3.8, 4) is 0 Å². The highest BCUT2D eigenvalue weighted by molar-refractivity contribution is 5.77. The zero-order chi connectivity index (χ0) is 12.2. The summed E-state index contributed by atoms with van der Waals surface area (Å²) >= 11 is 0. The first-order valence-electron chi connectivity index (χ1n) is 5.06. The molecule has 0 saturated heterocycles. The minimum atomic E-state index is -3.52. The van der Waals surface area contributed by atoms with Crippen molar-refractivity contribution in [2.75, 3.05) is 6.61 Å². The predicted molar refractivity (Wildman–Crippen MR) is 53.2 cm³/mol. The number of aryl methyl sites for hydroxylation is 1. The van der Waals surface area contributed by atoms with Gasteiger partial charge in [0.2, 0.25) is 0 Å². The van der Waals surface area contributed by atoms with Gasteiger partial charge in [-0.25, -0.2) is 9.78 Å². The predicted octanol–water partition coefficient (Wildman–Crippen LogP) is 1.64. The molecule has 0 unspecified atom stereocenters. The topological polar surface area (TPSA) is 44.1 Å². The number of ether oxygens (including phenoxy) is 1. The van der Waals surface area contributed by atoms with Gasteiger partial charge in [0.1, 0.15) is 5.82 Å². The van der Waals surface area contributed by atoms with Crippen LogP contribution < -0.4 is 0 Å². The van der Waals surface area contributed by atoms with Gasteiger partial charge in [0, 0.05) is 18.9 Å². The highest BCUT2D eigenvalue weighted by Gasteiger charge is 2.41. The third-order valence-electron chi connectivity index (χ3n) is 2.10. The molecule has 0 bridgehead atoms. The first-order chi connectivity index (χ1) is 7.51.